The molecule has 2 aromatic rings. The van der Waals surface area contributed by atoms with Crippen molar-refractivity contribution < 1.29 is 9.90 Å². The van der Waals surface area contributed by atoms with Gasteiger partial charge in [-0.1, -0.05) is 0 Å². The molecule has 0 spiro atoms. The van der Waals surface area contributed by atoms with Crippen LogP contribution in [0.25, 0.3) is 0 Å². The first kappa shape index (κ1) is 10.5. The molecule has 0 aliphatic carbocycles. The van der Waals surface area contributed by atoms with Gasteiger partial charge in [0.1, 0.15) is 0 Å². The summed E-state index contributed by atoms with van der Waals surface area (Å²) in [5.41, 5.74) is -0.170. The largest absolute Gasteiger partial charge is 0.373 e. The number of Topliss-reactive ketones (excluding diaryl/α,β-unsaturated/α-hetero) is 1. The number of hydrogen-bond acceptors (Lipinski definition) is 4. The highest BCUT2D eigenvalue weighted by Crippen LogP contribution is 2.33. The molecule has 78 valence electrons. The Morgan fingerprint density at radius 2 is 1.67 bits per heavy atom. The molecule has 0 saturated carbocycles. The molecule has 0 aliphatic heterocycles. The molecular formula is C11H10O2S2. The maximum Gasteiger partial charge on any atom is 0.174 e. The summed E-state index contributed by atoms with van der Waals surface area (Å²) in [6.45, 7) is 1.41. The van der Waals surface area contributed by atoms with Crippen molar-refractivity contribution in [3.8, 4) is 0 Å². The van der Waals surface area contributed by atoms with E-state index < -0.39 is 5.60 Å². The third-order valence-electron chi connectivity index (χ3n) is 2.39. The van der Waals surface area contributed by atoms with Gasteiger partial charge in [0.15, 0.2) is 11.4 Å². The first-order valence-electron chi connectivity index (χ1n) is 4.44. The normalized spacial score (nSPS) is 11.6. The summed E-state index contributed by atoms with van der Waals surface area (Å²) in [5, 5.41) is 17.8. The van der Waals surface area contributed by atoms with Crippen molar-refractivity contribution in [3.05, 3.63) is 44.8 Å². The highest BCUT2D eigenvalue weighted by Gasteiger charge is 2.37. The van der Waals surface area contributed by atoms with Crippen LogP contribution in [0.4, 0.5) is 0 Å². The van der Waals surface area contributed by atoms with Crippen LogP contribution >= 0.6 is 22.7 Å². The smallest absolute Gasteiger partial charge is 0.174 e. The van der Waals surface area contributed by atoms with E-state index in [2.05, 4.69) is 0 Å². The second-order valence-corrected chi connectivity index (χ2v) is 4.85. The Kier molecular flexibility index (Phi) is 2.73. The lowest BCUT2D eigenvalue weighted by atomic mass is 9.87. The average Bonchev–Trinajstić information content (AvgIpc) is 2.89. The molecule has 0 aromatic carbocycles. The van der Waals surface area contributed by atoms with Crippen LogP contribution < -0.4 is 0 Å². The third-order valence-corrected chi connectivity index (χ3v) is 3.75. The first-order valence-corrected chi connectivity index (χ1v) is 6.33. The molecule has 0 atom stereocenters. The summed E-state index contributed by atoms with van der Waals surface area (Å²) in [6, 6.07) is 3.56. The zero-order valence-electron chi connectivity index (χ0n) is 8.14. The number of carbonyl (C=O) groups is 1. The molecule has 15 heavy (non-hydrogen) atoms. The second kappa shape index (κ2) is 3.89. The third kappa shape index (κ3) is 1.65. The summed E-state index contributed by atoms with van der Waals surface area (Å²) in [6.07, 6.45) is 0. The van der Waals surface area contributed by atoms with Crippen LogP contribution in [0.5, 0.6) is 0 Å². The van der Waals surface area contributed by atoms with Gasteiger partial charge in [0.25, 0.3) is 0 Å². The van der Waals surface area contributed by atoms with Crippen molar-refractivity contribution in [3.63, 3.8) is 0 Å². The summed E-state index contributed by atoms with van der Waals surface area (Å²) >= 11 is 2.94. The van der Waals surface area contributed by atoms with Crippen molar-refractivity contribution >= 4 is 28.5 Å². The van der Waals surface area contributed by atoms with E-state index in [0.717, 1.165) is 0 Å². The lowest BCUT2D eigenvalue weighted by Crippen LogP contribution is -2.34. The van der Waals surface area contributed by atoms with Crippen molar-refractivity contribution in [2.45, 2.75) is 12.5 Å². The number of carbonyl (C=O) groups excluding carboxylic acids is 1. The predicted molar refractivity (Wildman–Crippen MR) is 62.3 cm³/mol. The minimum atomic E-state index is -1.47. The predicted octanol–water partition coefficient (Wildman–Crippen LogP) is 2.63. The van der Waals surface area contributed by atoms with E-state index >= 15 is 0 Å². The van der Waals surface area contributed by atoms with Gasteiger partial charge >= 0.3 is 0 Å². The fourth-order valence-electron chi connectivity index (χ4n) is 1.51. The van der Waals surface area contributed by atoms with Crippen molar-refractivity contribution in [2.24, 2.45) is 0 Å². The van der Waals surface area contributed by atoms with Gasteiger partial charge in [0.05, 0.1) is 0 Å². The topological polar surface area (TPSA) is 37.3 Å². The Morgan fingerprint density at radius 1 is 1.20 bits per heavy atom. The maximum absolute atomic E-state index is 11.6. The van der Waals surface area contributed by atoms with E-state index in [1.807, 2.05) is 10.8 Å². The SMILES string of the molecule is CC(=O)C(O)(c1ccsc1)c1ccsc1. The molecule has 0 radical (unpaired) electrons. The average molecular weight is 238 g/mol. The quantitative estimate of drug-likeness (QED) is 0.892. The van der Waals surface area contributed by atoms with Crippen molar-refractivity contribution in [1.82, 2.24) is 0 Å². The van der Waals surface area contributed by atoms with Crippen molar-refractivity contribution in [1.29, 1.82) is 0 Å². The zero-order chi connectivity index (χ0) is 10.9. The van der Waals surface area contributed by atoms with E-state index in [0.29, 0.717) is 11.1 Å². The summed E-state index contributed by atoms with van der Waals surface area (Å²) in [4.78, 5) is 11.6. The molecule has 0 bridgehead atoms. The Balaban J connectivity index is 2.56. The number of ketones is 1. The van der Waals surface area contributed by atoms with Gasteiger partial charge in [0, 0.05) is 11.1 Å². The Hall–Kier alpha value is -0.970. The standard InChI is InChI=1S/C11H10O2S2/c1-8(12)11(13,9-2-4-14-6-9)10-3-5-15-7-10/h2-7,13H,1H3. The first-order chi connectivity index (χ1) is 7.15. The molecular weight excluding hydrogens is 228 g/mol. The van der Waals surface area contributed by atoms with Crippen LogP contribution in [-0.4, -0.2) is 10.9 Å². The molecule has 0 amide bonds. The van der Waals surface area contributed by atoms with Gasteiger partial charge in [-0.25, -0.2) is 0 Å². The maximum atomic E-state index is 11.6. The molecule has 2 nitrogen and oxygen atoms in total. The molecule has 0 unspecified atom stereocenters. The van der Waals surface area contributed by atoms with Crippen LogP contribution in [0, 0.1) is 0 Å². The summed E-state index contributed by atoms with van der Waals surface area (Å²) < 4.78 is 0. The number of thiophene rings is 2. The highest BCUT2D eigenvalue weighted by molar-refractivity contribution is 7.08. The van der Waals surface area contributed by atoms with Crippen molar-refractivity contribution in [2.75, 3.05) is 0 Å². The van der Waals surface area contributed by atoms with Crippen LogP contribution in [0.3, 0.4) is 0 Å². The number of hydrogen-bond donors (Lipinski definition) is 1. The van der Waals surface area contributed by atoms with Gasteiger partial charge in [-0.3, -0.25) is 4.79 Å². The van der Waals surface area contributed by atoms with E-state index in [1.165, 1.54) is 29.6 Å². The Morgan fingerprint density at radius 3 is 1.93 bits per heavy atom. The van der Waals surface area contributed by atoms with Crippen LogP contribution in [0.2, 0.25) is 0 Å². The zero-order valence-corrected chi connectivity index (χ0v) is 9.77. The minimum absolute atomic E-state index is 0.251. The lowest BCUT2D eigenvalue weighted by Gasteiger charge is -2.23. The Labute approximate surface area is 95.8 Å². The molecule has 2 rings (SSSR count). The second-order valence-electron chi connectivity index (χ2n) is 3.29. The van der Waals surface area contributed by atoms with E-state index in [4.69, 9.17) is 0 Å². The molecule has 0 saturated heterocycles. The minimum Gasteiger partial charge on any atom is -0.373 e. The van der Waals surface area contributed by atoms with Crippen LogP contribution in [0.15, 0.2) is 33.7 Å². The fraction of sp³-hybridized carbons (Fsp3) is 0.182. The number of aliphatic hydroxyl groups is 1. The summed E-state index contributed by atoms with van der Waals surface area (Å²) in [5.74, 6) is -0.251. The molecule has 4 heteroatoms. The van der Waals surface area contributed by atoms with E-state index in [-0.39, 0.29) is 5.78 Å². The van der Waals surface area contributed by atoms with Crippen LogP contribution in [0.1, 0.15) is 18.1 Å². The van der Waals surface area contributed by atoms with Gasteiger partial charge < -0.3 is 5.11 Å². The highest BCUT2D eigenvalue weighted by atomic mass is 32.1. The Bertz CT molecular complexity index is 409. The molecule has 2 heterocycles. The molecule has 2 aromatic heterocycles. The lowest BCUT2D eigenvalue weighted by molar-refractivity contribution is -0.131. The van der Waals surface area contributed by atoms with Gasteiger partial charge in [-0.15, -0.1) is 0 Å². The van der Waals surface area contributed by atoms with E-state index in [1.54, 1.807) is 22.9 Å². The monoisotopic (exact) mass is 238 g/mol. The summed E-state index contributed by atoms with van der Waals surface area (Å²) in [7, 11) is 0. The molecule has 0 aliphatic rings. The van der Waals surface area contributed by atoms with Gasteiger partial charge in [-0.2, -0.15) is 22.7 Å². The van der Waals surface area contributed by atoms with E-state index in [9.17, 15) is 9.90 Å². The molecule has 0 fully saturated rings. The van der Waals surface area contributed by atoms with Gasteiger partial charge in [0.2, 0.25) is 0 Å². The number of rotatable bonds is 3. The van der Waals surface area contributed by atoms with Crippen LogP contribution in [-0.2, 0) is 10.4 Å². The van der Waals surface area contributed by atoms with Gasteiger partial charge in [-0.05, 0) is 40.6 Å². The molecule has 1 N–H and O–H groups in total. The fourth-order valence-corrected chi connectivity index (χ4v) is 2.91.